The van der Waals surface area contributed by atoms with Gasteiger partial charge in [-0.15, -0.1) is 13.2 Å². The number of nitrogens with one attached hydrogen (secondary N) is 1. The molecule has 1 atom stereocenters. The Balaban J connectivity index is 2.57. The molecule has 0 heterocycles. The van der Waals surface area contributed by atoms with Gasteiger partial charge >= 0.3 is 12.5 Å². The minimum absolute atomic E-state index is 0.0964. The molecule has 0 fully saturated rings. The molecule has 1 aromatic rings. The number of likely N-dealkylation sites (N-methyl/N-ethyl adjacent to an activating group) is 1. The molecule has 1 unspecified atom stereocenters. The van der Waals surface area contributed by atoms with Gasteiger partial charge in [0.25, 0.3) is 0 Å². The maximum Gasteiger partial charge on any atom is 0.573 e. The summed E-state index contributed by atoms with van der Waals surface area (Å²) in [6.45, 7) is 0. The summed E-state index contributed by atoms with van der Waals surface area (Å²) in [4.78, 5) is 0. The first-order valence-corrected chi connectivity index (χ1v) is 6.18. The summed E-state index contributed by atoms with van der Waals surface area (Å²) < 4.78 is 76.1. The van der Waals surface area contributed by atoms with E-state index in [4.69, 9.17) is 0 Å². The molecule has 0 saturated carbocycles. The lowest BCUT2D eigenvalue weighted by Crippen LogP contribution is -2.29. The fourth-order valence-corrected chi connectivity index (χ4v) is 1.80. The van der Waals surface area contributed by atoms with Gasteiger partial charge in [0.05, 0.1) is 0 Å². The summed E-state index contributed by atoms with van der Waals surface area (Å²) in [5.74, 6) is -0.359. The first kappa shape index (κ1) is 17.6. The van der Waals surface area contributed by atoms with Crippen LogP contribution in [0.4, 0.5) is 26.3 Å². The fraction of sp³-hybridized carbons (Fsp3) is 0.538. The third-order valence-electron chi connectivity index (χ3n) is 2.82. The van der Waals surface area contributed by atoms with Gasteiger partial charge in [-0.2, -0.15) is 13.2 Å². The molecule has 8 heteroatoms. The van der Waals surface area contributed by atoms with Crippen LogP contribution in [0.3, 0.4) is 0 Å². The Morgan fingerprint density at radius 1 is 1.05 bits per heavy atom. The zero-order valence-corrected chi connectivity index (χ0v) is 11.2. The highest BCUT2D eigenvalue weighted by Crippen LogP contribution is 2.25. The van der Waals surface area contributed by atoms with Gasteiger partial charge in [0.15, 0.2) is 0 Å². The minimum Gasteiger partial charge on any atom is -0.406 e. The molecule has 0 radical (unpaired) electrons. The molecule has 1 aromatic carbocycles. The van der Waals surface area contributed by atoms with Crippen LogP contribution >= 0.6 is 0 Å². The minimum atomic E-state index is -4.76. The summed E-state index contributed by atoms with van der Waals surface area (Å²) in [6.07, 6.45) is -9.70. The Labute approximate surface area is 118 Å². The van der Waals surface area contributed by atoms with Gasteiger partial charge in [-0.05, 0) is 37.6 Å². The van der Waals surface area contributed by atoms with Crippen LogP contribution in [0.2, 0.25) is 0 Å². The van der Waals surface area contributed by atoms with Crippen molar-refractivity contribution in [3.8, 4) is 5.75 Å². The van der Waals surface area contributed by atoms with E-state index < -0.39 is 25.0 Å². The van der Waals surface area contributed by atoms with Crippen molar-refractivity contribution in [3.05, 3.63) is 29.8 Å². The van der Waals surface area contributed by atoms with E-state index in [1.165, 1.54) is 12.1 Å². The van der Waals surface area contributed by atoms with Crippen LogP contribution in [0, 0.1) is 0 Å². The Morgan fingerprint density at radius 2 is 1.62 bits per heavy atom. The Kier molecular flexibility index (Phi) is 5.88. The quantitative estimate of drug-likeness (QED) is 0.799. The van der Waals surface area contributed by atoms with Crippen molar-refractivity contribution in [1.29, 1.82) is 0 Å². The molecule has 21 heavy (non-hydrogen) atoms. The van der Waals surface area contributed by atoms with Crippen molar-refractivity contribution < 1.29 is 31.1 Å². The molecule has 0 aliphatic rings. The summed E-state index contributed by atoms with van der Waals surface area (Å²) in [5, 5.41) is 2.76. The highest BCUT2D eigenvalue weighted by molar-refractivity contribution is 5.28. The number of rotatable bonds is 6. The molecule has 1 N–H and O–H groups in total. The van der Waals surface area contributed by atoms with E-state index in [0.717, 1.165) is 12.1 Å². The molecule has 1 rings (SSSR count). The van der Waals surface area contributed by atoms with Crippen molar-refractivity contribution in [2.24, 2.45) is 0 Å². The maximum atomic E-state index is 12.2. The molecule has 0 saturated heterocycles. The average molecular weight is 315 g/mol. The second-order valence-corrected chi connectivity index (χ2v) is 4.54. The molecule has 0 aliphatic carbocycles. The van der Waals surface area contributed by atoms with Gasteiger partial charge in [0.2, 0.25) is 0 Å². The zero-order chi connectivity index (χ0) is 16.1. The number of alkyl halides is 6. The van der Waals surface area contributed by atoms with Gasteiger partial charge in [-0.3, -0.25) is 0 Å². The lowest BCUT2D eigenvalue weighted by molar-refractivity contribution is -0.274. The van der Waals surface area contributed by atoms with Gasteiger partial charge in [0, 0.05) is 12.5 Å². The van der Waals surface area contributed by atoms with Crippen molar-refractivity contribution >= 4 is 0 Å². The number of halogens is 6. The smallest absolute Gasteiger partial charge is 0.406 e. The van der Waals surface area contributed by atoms with Gasteiger partial charge < -0.3 is 10.1 Å². The van der Waals surface area contributed by atoms with Crippen LogP contribution in [0.1, 0.15) is 18.4 Å². The second kappa shape index (κ2) is 7.02. The topological polar surface area (TPSA) is 21.3 Å². The predicted molar refractivity (Wildman–Crippen MR) is 65.0 cm³/mol. The number of hydrogen-bond donors (Lipinski definition) is 1. The normalized spacial score (nSPS) is 14.0. The molecule has 0 amide bonds. The molecule has 0 spiro atoms. The van der Waals surface area contributed by atoms with Gasteiger partial charge in [-0.25, -0.2) is 0 Å². The van der Waals surface area contributed by atoms with E-state index in [1.54, 1.807) is 7.05 Å². The van der Waals surface area contributed by atoms with Crippen LogP contribution in [-0.4, -0.2) is 25.6 Å². The molecule has 2 nitrogen and oxygen atoms in total. The van der Waals surface area contributed by atoms with E-state index in [-0.39, 0.29) is 12.2 Å². The van der Waals surface area contributed by atoms with Crippen LogP contribution in [0.25, 0.3) is 0 Å². The third kappa shape index (κ3) is 7.79. The summed E-state index contributed by atoms with van der Waals surface area (Å²) in [6, 6.07) is 4.68. The highest BCUT2D eigenvalue weighted by atomic mass is 19.4. The molecule has 0 aliphatic heterocycles. The number of benzene rings is 1. The highest BCUT2D eigenvalue weighted by Gasteiger charge is 2.31. The van der Waals surface area contributed by atoms with Gasteiger partial charge in [-0.1, -0.05) is 12.1 Å². The van der Waals surface area contributed by atoms with Gasteiger partial charge in [0.1, 0.15) is 5.75 Å². The van der Waals surface area contributed by atoms with Crippen LogP contribution in [0.15, 0.2) is 24.3 Å². The number of ether oxygens (including phenoxy) is 1. The zero-order valence-electron chi connectivity index (χ0n) is 11.2. The predicted octanol–water partition coefficient (Wildman–Crippen LogP) is 4.06. The summed E-state index contributed by atoms with van der Waals surface area (Å²) in [5.41, 5.74) is 0.631. The van der Waals surface area contributed by atoms with Crippen LogP contribution < -0.4 is 10.1 Å². The van der Waals surface area contributed by atoms with E-state index in [2.05, 4.69) is 10.1 Å². The monoisotopic (exact) mass is 315 g/mol. The largest absolute Gasteiger partial charge is 0.573 e. The lowest BCUT2D eigenvalue weighted by Gasteiger charge is -2.17. The SMILES string of the molecule is CNC(CCC(F)(F)F)Cc1ccc(OC(F)(F)F)cc1. The third-order valence-corrected chi connectivity index (χ3v) is 2.82. The summed E-state index contributed by atoms with van der Waals surface area (Å²) in [7, 11) is 1.54. The van der Waals surface area contributed by atoms with E-state index >= 15 is 0 Å². The fourth-order valence-electron chi connectivity index (χ4n) is 1.80. The first-order valence-electron chi connectivity index (χ1n) is 6.18. The molecular weight excluding hydrogens is 300 g/mol. The molecule has 0 aromatic heterocycles. The van der Waals surface area contributed by atoms with E-state index in [0.29, 0.717) is 12.0 Å². The Bertz CT molecular complexity index is 426. The van der Waals surface area contributed by atoms with Crippen LogP contribution in [0.5, 0.6) is 5.75 Å². The van der Waals surface area contributed by atoms with Crippen molar-refractivity contribution in [2.75, 3.05) is 7.05 Å². The molecule has 120 valence electrons. The first-order chi connectivity index (χ1) is 9.59. The van der Waals surface area contributed by atoms with Crippen molar-refractivity contribution in [2.45, 2.75) is 37.8 Å². The maximum absolute atomic E-state index is 12.2. The van der Waals surface area contributed by atoms with Crippen LogP contribution in [-0.2, 0) is 6.42 Å². The average Bonchev–Trinajstić information content (AvgIpc) is 2.33. The van der Waals surface area contributed by atoms with Crippen molar-refractivity contribution in [1.82, 2.24) is 5.32 Å². The lowest BCUT2D eigenvalue weighted by atomic mass is 10.0. The standard InChI is InChI=1S/C13H15F6NO/c1-20-10(6-7-12(14,15)16)8-9-2-4-11(5-3-9)21-13(17,18)19/h2-5,10,20H,6-8H2,1H3. The molecular formula is C13H15F6NO. The summed E-state index contributed by atoms with van der Waals surface area (Å²) >= 11 is 0. The Morgan fingerprint density at radius 3 is 2.05 bits per heavy atom. The van der Waals surface area contributed by atoms with E-state index in [1.807, 2.05) is 0 Å². The second-order valence-electron chi connectivity index (χ2n) is 4.54. The molecule has 0 bridgehead atoms. The number of hydrogen-bond acceptors (Lipinski definition) is 2. The van der Waals surface area contributed by atoms with Crippen molar-refractivity contribution in [3.63, 3.8) is 0 Å². The van der Waals surface area contributed by atoms with E-state index in [9.17, 15) is 26.3 Å². The Hall–Kier alpha value is -1.44.